The number of hydrogen-bond acceptors (Lipinski definition) is 2. The van der Waals surface area contributed by atoms with Gasteiger partial charge in [-0.3, -0.25) is 0 Å². The van der Waals surface area contributed by atoms with E-state index in [0.717, 1.165) is 12.3 Å². The summed E-state index contributed by atoms with van der Waals surface area (Å²) in [5.41, 5.74) is -0.784. The predicted molar refractivity (Wildman–Crippen MR) is 58.8 cm³/mol. The molecule has 0 radical (unpaired) electrons. The monoisotopic (exact) mass is 295 g/mol. The predicted octanol–water partition coefficient (Wildman–Crippen LogP) is 3.08. The first-order valence-corrected chi connectivity index (χ1v) is 5.03. The lowest BCUT2D eigenvalue weighted by atomic mass is 10.2. The van der Waals surface area contributed by atoms with Crippen LogP contribution >= 0.6 is 15.9 Å². The van der Waals surface area contributed by atoms with E-state index >= 15 is 0 Å². The molecule has 0 saturated carbocycles. The molecule has 0 aliphatic carbocycles. The van der Waals surface area contributed by atoms with E-state index in [-0.39, 0.29) is 10.3 Å². The molecule has 0 saturated heterocycles. The number of aliphatic imine (C=N–C) groups is 1. The van der Waals surface area contributed by atoms with Gasteiger partial charge in [0.05, 0.1) is 11.9 Å². The van der Waals surface area contributed by atoms with Gasteiger partial charge >= 0.3 is 6.18 Å². The molecule has 88 valence electrons. The summed E-state index contributed by atoms with van der Waals surface area (Å²) >= 11 is 2.80. The Hall–Kier alpha value is -1.11. The Kier molecular flexibility index (Phi) is 3.90. The van der Waals surface area contributed by atoms with Crippen LogP contribution in [0.5, 0.6) is 0 Å². The first-order chi connectivity index (χ1) is 7.30. The second-order valence-electron chi connectivity index (χ2n) is 3.23. The first kappa shape index (κ1) is 13.0. The number of rotatable bonds is 2. The molecule has 0 fully saturated rings. The maximum absolute atomic E-state index is 12.5. The number of nitrogens with zero attached hydrogens (tertiary/aromatic N) is 3. The molecule has 0 aliphatic heterocycles. The average molecular weight is 296 g/mol. The highest BCUT2D eigenvalue weighted by Crippen LogP contribution is 2.35. The van der Waals surface area contributed by atoms with Crippen LogP contribution in [-0.4, -0.2) is 30.3 Å². The van der Waals surface area contributed by atoms with Gasteiger partial charge in [0.15, 0.2) is 5.82 Å². The molecule has 0 amide bonds. The van der Waals surface area contributed by atoms with Crippen molar-refractivity contribution in [2.24, 2.45) is 4.99 Å². The van der Waals surface area contributed by atoms with Gasteiger partial charge in [0.25, 0.3) is 0 Å². The smallest absolute Gasteiger partial charge is 0.369 e. The van der Waals surface area contributed by atoms with Crippen LogP contribution < -0.4 is 0 Å². The molecule has 1 aromatic rings. The van der Waals surface area contributed by atoms with Gasteiger partial charge in [-0.15, -0.1) is 0 Å². The Morgan fingerprint density at radius 2 is 2.06 bits per heavy atom. The lowest BCUT2D eigenvalue weighted by Gasteiger charge is -2.09. The Morgan fingerprint density at radius 1 is 1.44 bits per heavy atom. The zero-order valence-electron chi connectivity index (χ0n) is 8.59. The van der Waals surface area contributed by atoms with Crippen LogP contribution in [-0.2, 0) is 6.18 Å². The number of hydrogen-bond donors (Lipinski definition) is 0. The molecule has 0 spiro atoms. The van der Waals surface area contributed by atoms with Crippen LogP contribution in [0.4, 0.5) is 19.0 Å². The zero-order chi connectivity index (χ0) is 12.3. The van der Waals surface area contributed by atoms with Crippen molar-refractivity contribution >= 4 is 28.1 Å². The van der Waals surface area contributed by atoms with Crippen LogP contribution in [0.1, 0.15) is 5.56 Å². The minimum Gasteiger partial charge on any atom is -0.369 e. The molecule has 0 atom stereocenters. The summed E-state index contributed by atoms with van der Waals surface area (Å²) in [6.45, 7) is 0. The van der Waals surface area contributed by atoms with Gasteiger partial charge < -0.3 is 4.90 Å². The van der Waals surface area contributed by atoms with E-state index in [4.69, 9.17) is 0 Å². The highest BCUT2D eigenvalue weighted by molar-refractivity contribution is 9.10. The maximum Gasteiger partial charge on any atom is 0.417 e. The summed E-state index contributed by atoms with van der Waals surface area (Å²) in [5.74, 6) is 0.0178. The Bertz CT molecular complexity index is 401. The van der Waals surface area contributed by atoms with Crippen molar-refractivity contribution < 1.29 is 13.2 Å². The van der Waals surface area contributed by atoms with Crippen LogP contribution in [0.2, 0.25) is 0 Å². The number of aromatic nitrogens is 1. The van der Waals surface area contributed by atoms with E-state index in [1.54, 1.807) is 19.0 Å². The quantitative estimate of drug-likeness (QED) is 0.620. The van der Waals surface area contributed by atoms with Gasteiger partial charge in [0, 0.05) is 24.8 Å². The Labute approximate surface area is 99.1 Å². The molecule has 1 aromatic heterocycles. The fraction of sp³-hybridized carbons (Fsp3) is 0.333. The third-order valence-electron chi connectivity index (χ3n) is 1.57. The van der Waals surface area contributed by atoms with E-state index in [2.05, 4.69) is 25.9 Å². The molecule has 7 heteroatoms. The van der Waals surface area contributed by atoms with Gasteiger partial charge in [-0.25, -0.2) is 9.98 Å². The standard InChI is InChI=1S/C9H9BrF3N3/c1-16(2)5-15-8-3-6(9(11,12)13)7(10)4-14-8/h3-5H,1-2H3/b15-5+. The third kappa shape index (κ3) is 3.48. The molecular formula is C9H9BrF3N3. The minimum atomic E-state index is -4.41. The average Bonchev–Trinajstić information content (AvgIpc) is 2.14. The van der Waals surface area contributed by atoms with Crippen molar-refractivity contribution in [3.63, 3.8) is 0 Å². The maximum atomic E-state index is 12.5. The van der Waals surface area contributed by atoms with E-state index in [1.807, 2.05) is 0 Å². The first-order valence-electron chi connectivity index (χ1n) is 4.24. The van der Waals surface area contributed by atoms with Crippen molar-refractivity contribution in [2.45, 2.75) is 6.18 Å². The summed E-state index contributed by atoms with van der Waals surface area (Å²) < 4.78 is 37.4. The second-order valence-corrected chi connectivity index (χ2v) is 4.08. The van der Waals surface area contributed by atoms with Crippen molar-refractivity contribution in [3.05, 3.63) is 22.3 Å². The van der Waals surface area contributed by atoms with Crippen LogP contribution in [0, 0.1) is 0 Å². The van der Waals surface area contributed by atoms with Gasteiger partial charge in [-0.2, -0.15) is 13.2 Å². The molecule has 0 bridgehead atoms. The molecular weight excluding hydrogens is 287 g/mol. The molecule has 3 nitrogen and oxygen atoms in total. The van der Waals surface area contributed by atoms with E-state index in [9.17, 15) is 13.2 Å². The number of halogens is 4. The van der Waals surface area contributed by atoms with E-state index < -0.39 is 11.7 Å². The van der Waals surface area contributed by atoms with E-state index in [1.165, 1.54) is 6.34 Å². The lowest BCUT2D eigenvalue weighted by molar-refractivity contribution is -0.138. The fourth-order valence-corrected chi connectivity index (χ4v) is 1.33. The number of pyridine rings is 1. The lowest BCUT2D eigenvalue weighted by Crippen LogP contribution is -2.08. The molecule has 0 aliphatic rings. The summed E-state index contributed by atoms with van der Waals surface area (Å²) in [6.07, 6.45) is -1.94. The molecule has 0 N–H and O–H groups in total. The minimum absolute atomic E-state index is 0.0178. The third-order valence-corrected chi connectivity index (χ3v) is 2.20. The van der Waals surface area contributed by atoms with Crippen molar-refractivity contribution in [2.75, 3.05) is 14.1 Å². The molecule has 16 heavy (non-hydrogen) atoms. The fourth-order valence-electron chi connectivity index (χ4n) is 0.890. The number of alkyl halides is 3. The molecule has 1 heterocycles. The SMILES string of the molecule is CN(C)/C=N/c1cc(C(F)(F)F)c(Br)cn1. The van der Waals surface area contributed by atoms with Crippen LogP contribution in [0.15, 0.2) is 21.7 Å². The van der Waals surface area contributed by atoms with Gasteiger partial charge in [0.1, 0.15) is 0 Å². The summed E-state index contributed by atoms with van der Waals surface area (Å²) in [4.78, 5) is 9.15. The largest absolute Gasteiger partial charge is 0.417 e. The Balaban J connectivity index is 3.08. The van der Waals surface area contributed by atoms with Crippen molar-refractivity contribution in [1.29, 1.82) is 0 Å². The second kappa shape index (κ2) is 4.82. The van der Waals surface area contributed by atoms with Gasteiger partial charge in [-0.05, 0) is 22.0 Å². The topological polar surface area (TPSA) is 28.5 Å². The van der Waals surface area contributed by atoms with Gasteiger partial charge in [0.2, 0.25) is 0 Å². The van der Waals surface area contributed by atoms with Crippen LogP contribution in [0.25, 0.3) is 0 Å². The summed E-state index contributed by atoms with van der Waals surface area (Å²) in [7, 11) is 3.43. The molecule has 0 aromatic carbocycles. The molecule has 0 unspecified atom stereocenters. The normalized spacial score (nSPS) is 12.1. The van der Waals surface area contributed by atoms with Gasteiger partial charge in [-0.1, -0.05) is 0 Å². The highest BCUT2D eigenvalue weighted by Gasteiger charge is 2.33. The molecule has 1 rings (SSSR count). The van der Waals surface area contributed by atoms with Crippen molar-refractivity contribution in [3.8, 4) is 0 Å². The Morgan fingerprint density at radius 3 is 2.56 bits per heavy atom. The van der Waals surface area contributed by atoms with E-state index in [0.29, 0.717) is 0 Å². The van der Waals surface area contributed by atoms with Crippen LogP contribution in [0.3, 0.4) is 0 Å². The zero-order valence-corrected chi connectivity index (χ0v) is 10.2. The van der Waals surface area contributed by atoms with Crippen molar-refractivity contribution in [1.82, 2.24) is 9.88 Å². The summed E-state index contributed by atoms with van der Waals surface area (Å²) in [6, 6.07) is 0.893. The highest BCUT2D eigenvalue weighted by atomic mass is 79.9. The summed E-state index contributed by atoms with van der Waals surface area (Å²) in [5, 5.41) is 0.